The number of nitro benzene ring substituents is 1. The van der Waals surface area contributed by atoms with E-state index in [0.29, 0.717) is 6.07 Å². The zero-order valence-electron chi connectivity index (χ0n) is 12.0. The number of rotatable bonds is 3. The maximum Gasteiger partial charge on any atom is 0.295 e. The minimum atomic E-state index is -0.865. The second-order valence-electron chi connectivity index (χ2n) is 5.11. The van der Waals surface area contributed by atoms with Gasteiger partial charge in [0.15, 0.2) is 0 Å². The number of amides is 1. The molecule has 0 bridgehead atoms. The Morgan fingerprint density at radius 1 is 1.55 bits per heavy atom. The molecule has 2 rings (SSSR count). The second-order valence-corrected chi connectivity index (χ2v) is 5.11. The number of nitrogens with two attached hydrogens (primary N) is 1. The molecule has 1 fully saturated rings. The summed E-state index contributed by atoms with van der Waals surface area (Å²) in [5, 5.41) is 16.8. The van der Waals surface area contributed by atoms with Crippen molar-refractivity contribution in [1.29, 1.82) is 0 Å². The predicted octanol–water partition coefficient (Wildman–Crippen LogP) is 1.61. The summed E-state index contributed by atoms with van der Waals surface area (Å²) in [6, 6.07) is 1.58. The quantitative estimate of drug-likeness (QED) is 0.442. The van der Waals surface area contributed by atoms with Crippen molar-refractivity contribution in [3.8, 4) is 0 Å². The van der Waals surface area contributed by atoms with E-state index in [9.17, 15) is 19.3 Å². The highest BCUT2D eigenvalue weighted by molar-refractivity contribution is 6.01. The molecule has 7 nitrogen and oxygen atoms in total. The summed E-state index contributed by atoms with van der Waals surface area (Å²) in [7, 11) is 0. The Labute approximate surface area is 133 Å². The molecule has 1 saturated heterocycles. The highest BCUT2D eigenvalue weighted by atomic mass is 35.5. The molecule has 0 saturated carbocycles. The fourth-order valence-corrected chi connectivity index (χ4v) is 2.43. The predicted molar refractivity (Wildman–Crippen MR) is 82.7 cm³/mol. The number of carbonyl (C=O) groups is 1. The van der Waals surface area contributed by atoms with Gasteiger partial charge in [0.2, 0.25) is 0 Å². The van der Waals surface area contributed by atoms with Crippen molar-refractivity contribution in [1.82, 2.24) is 10.6 Å². The van der Waals surface area contributed by atoms with Crippen molar-refractivity contribution in [2.45, 2.75) is 31.8 Å². The van der Waals surface area contributed by atoms with Gasteiger partial charge in [0.25, 0.3) is 11.6 Å². The maximum absolute atomic E-state index is 13.4. The average molecular weight is 333 g/mol. The molecule has 0 aromatic heterocycles. The Morgan fingerprint density at radius 3 is 2.82 bits per heavy atom. The van der Waals surface area contributed by atoms with Crippen LogP contribution >= 0.6 is 12.4 Å². The van der Waals surface area contributed by atoms with Crippen LogP contribution in [0.15, 0.2) is 12.1 Å². The molecule has 1 heterocycles. The Balaban J connectivity index is 0.00000242. The first-order valence-electron chi connectivity index (χ1n) is 6.68. The van der Waals surface area contributed by atoms with Gasteiger partial charge in [-0.3, -0.25) is 14.9 Å². The van der Waals surface area contributed by atoms with Gasteiger partial charge >= 0.3 is 0 Å². The van der Waals surface area contributed by atoms with Crippen LogP contribution in [0.4, 0.5) is 15.8 Å². The van der Waals surface area contributed by atoms with E-state index in [-0.39, 0.29) is 35.7 Å². The molecule has 0 spiro atoms. The van der Waals surface area contributed by atoms with E-state index in [4.69, 9.17) is 5.73 Å². The summed E-state index contributed by atoms with van der Waals surface area (Å²) in [5.41, 5.74) is 4.47. The van der Waals surface area contributed by atoms with Crippen LogP contribution in [0.25, 0.3) is 0 Å². The van der Waals surface area contributed by atoms with Crippen molar-refractivity contribution in [3.05, 3.63) is 33.6 Å². The van der Waals surface area contributed by atoms with Crippen molar-refractivity contribution in [3.63, 3.8) is 0 Å². The van der Waals surface area contributed by atoms with Crippen LogP contribution in [0.2, 0.25) is 0 Å². The van der Waals surface area contributed by atoms with Gasteiger partial charge in [0, 0.05) is 12.1 Å². The van der Waals surface area contributed by atoms with E-state index in [1.807, 2.05) is 6.92 Å². The molecular weight excluding hydrogens is 315 g/mol. The first kappa shape index (κ1) is 18.1. The number of benzene rings is 1. The van der Waals surface area contributed by atoms with E-state index in [1.54, 1.807) is 0 Å². The molecule has 0 radical (unpaired) electrons. The van der Waals surface area contributed by atoms with Crippen molar-refractivity contribution < 1.29 is 14.1 Å². The standard InChI is InChI=1S/C13H17FN4O3.ClH/c1-7-10(3-2-4-16-7)17-13(19)9-5-8(14)6-11(12(9)15)18(20)21;/h5-7,10,16H,2-4,15H2,1H3,(H,17,19);1H. The number of hydrogen-bond acceptors (Lipinski definition) is 5. The minimum absolute atomic E-state index is 0. The van der Waals surface area contributed by atoms with Gasteiger partial charge in [-0.25, -0.2) is 4.39 Å². The zero-order valence-corrected chi connectivity index (χ0v) is 12.8. The third-order valence-corrected chi connectivity index (χ3v) is 3.64. The van der Waals surface area contributed by atoms with E-state index < -0.39 is 22.3 Å². The molecule has 9 heteroatoms. The van der Waals surface area contributed by atoms with E-state index in [1.165, 1.54) is 0 Å². The van der Waals surface area contributed by atoms with Crippen molar-refractivity contribution >= 4 is 29.7 Å². The number of nitrogens with one attached hydrogen (secondary N) is 2. The number of nitrogens with zero attached hydrogens (tertiary/aromatic N) is 1. The lowest BCUT2D eigenvalue weighted by Crippen LogP contribution is -2.52. The third-order valence-electron chi connectivity index (χ3n) is 3.64. The van der Waals surface area contributed by atoms with Crippen LogP contribution in [0.1, 0.15) is 30.1 Å². The number of halogens is 2. The summed E-state index contributed by atoms with van der Waals surface area (Å²) in [5.74, 6) is -1.47. The molecule has 1 aromatic carbocycles. The molecule has 1 aliphatic rings. The summed E-state index contributed by atoms with van der Waals surface area (Å²) in [4.78, 5) is 22.2. The van der Waals surface area contributed by atoms with Gasteiger partial charge in [-0.1, -0.05) is 0 Å². The Hall–Kier alpha value is -1.93. The normalized spacial score (nSPS) is 20.8. The lowest BCUT2D eigenvalue weighted by molar-refractivity contribution is -0.384. The van der Waals surface area contributed by atoms with Crippen LogP contribution in [0.5, 0.6) is 0 Å². The molecule has 2 unspecified atom stereocenters. The smallest absolute Gasteiger partial charge is 0.295 e. The van der Waals surface area contributed by atoms with Gasteiger partial charge in [0.05, 0.1) is 16.6 Å². The third kappa shape index (κ3) is 3.83. The lowest BCUT2D eigenvalue weighted by Gasteiger charge is -2.30. The Kier molecular flexibility index (Phi) is 6.07. The second kappa shape index (κ2) is 7.37. The molecule has 1 amide bonds. The zero-order chi connectivity index (χ0) is 15.6. The van der Waals surface area contributed by atoms with Gasteiger partial charge in [-0.2, -0.15) is 0 Å². The van der Waals surface area contributed by atoms with Gasteiger partial charge in [0.1, 0.15) is 11.5 Å². The molecule has 0 aliphatic carbocycles. The maximum atomic E-state index is 13.4. The highest BCUT2D eigenvalue weighted by Crippen LogP contribution is 2.27. The lowest BCUT2D eigenvalue weighted by atomic mass is 9.99. The molecule has 2 atom stereocenters. The number of nitro groups is 1. The van der Waals surface area contributed by atoms with Crippen molar-refractivity contribution in [2.75, 3.05) is 12.3 Å². The Morgan fingerprint density at radius 2 is 2.23 bits per heavy atom. The SMILES string of the molecule is CC1NCCCC1NC(=O)c1cc(F)cc([N+](=O)[O-])c1N.Cl. The minimum Gasteiger partial charge on any atom is -0.393 e. The first-order chi connectivity index (χ1) is 9.90. The molecule has 122 valence electrons. The summed E-state index contributed by atoms with van der Waals surface area (Å²) in [6.45, 7) is 2.81. The van der Waals surface area contributed by atoms with Crippen LogP contribution in [-0.4, -0.2) is 29.5 Å². The number of hydrogen-bond donors (Lipinski definition) is 3. The number of carbonyl (C=O) groups excluding carboxylic acids is 1. The molecule has 4 N–H and O–H groups in total. The molecule has 22 heavy (non-hydrogen) atoms. The van der Waals surface area contributed by atoms with E-state index in [2.05, 4.69) is 10.6 Å². The number of nitrogen functional groups attached to an aromatic ring is 1. The summed E-state index contributed by atoms with van der Waals surface area (Å²) >= 11 is 0. The monoisotopic (exact) mass is 332 g/mol. The van der Waals surface area contributed by atoms with Crippen LogP contribution in [-0.2, 0) is 0 Å². The fraction of sp³-hybridized carbons (Fsp3) is 0.462. The fourth-order valence-electron chi connectivity index (χ4n) is 2.43. The highest BCUT2D eigenvalue weighted by Gasteiger charge is 2.26. The largest absolute Gasteiger partial charge is 0.393 e. The average Bonchev–Trinajstić information content (AvgIpc) is 2.43. The Bertz CT molecular complexity index is 585. The van der Waals surface area contributed by atoms with Crippen LogP contribution in [0.3, 0.4) is 0 Å². The van der Waals surface area contributed by atoms with E-state index >= 15 is 0 Å². The van der Waals surface area contributed by atoms with Crippen molar-refractivity contribution in [2.24, 2.45) is 0 Å². The summed E-state index contributed by atoms with van der Waals surface area (Å²) in [6.07, 6.45) is 1.70. The van der Waals surface area contributed by atoms with Crippen LogP contribution < -0.4 is 16.4 Å². The molecule has 1 aromatic rings. The number of anilines is 1. The number of piperidine rings is 1. The molecule has 1 aliphatic heterocycles. The van der Waals surface area contributed by atoms with Gasteiger partial charge in [-0.15, -0.1) is 12.4 Å². The topological polar surface area (TPSA) is 110 Å². The van der Waals surface area contributed by atoms with Gasteiger partial charge < -0.3 is 16.4 Å². The first-order valence-corrected chi connectivity index (χ1v) is 6.68. The van der Waals surface area contributed by atoms with E-state index in [0.717, 1.165) is 25.5 Å². The summed E-state index contributed by atoms with van der Waals surface area (Å²) < 4.78 is 13.4. The molecular formula is C13H18ClFN4O3. The van der Waals surface area contributed by atoms with Gasteiger partial charge in [-0.05, 0) is 32.4 Å². The van der Waals surface area contributed by atoms with Crippen LogP contribution in [0, 0.1) is 15.9 Å².